The third-order valence-corrected chi connectivity index (χ3v) is 5.15. The summed E-state index contributed by atoms with van der Waals surface area (Å²) >= 11 is 0. The maximum atomic E-state index is 4.89. The van der Waals surface area contributed by atoms with Crippen molar-refractivity contribution in [2.24, 2.45) is 7.05 Å². The van der Waals surface area contributed by atoms with E-state index in [4.69, 9.17) is 9.97 Å². The molecule has 0 aliphatic heterocycles. The molecule has 4 rings (SSSR count). The van der Waals surface area contributed by atoms with E-state index in [1.54, 1.807) is 6.33 Å². The molecule has 3 heterocycles. The number of hydrogen-bond acceptors (Lipinski definition) is 6. The molecule has 0 bridgehead atoms. The van der Waals surface area contributed by atoms with Gasteiger partial charge in [0.1, 0.15) is 23.8 Å². The van der Waals surface area contributed by atoms with E-state index >= 15 is 0 Å². The monoisotopic (exact) mass is 354 g/mol. The number of aromatic nitrogens is 7. The Bertz CT molecular complexity index is 890. The molecule has 8 heteroatoms. The van der Waals surface area contributed by atoms with Gasteiger partial charge in [0.15, 0.2) is 5.65 Å². The lowest BCUT2D eigenvalue weighted by Crippen LogP contribution is -2.16. The SMILES string of the molecule is CCCn1ncnc1[C@H](C)Nc1nc(C2CCCC2)nc2c1cnn2C. The average molecular weight is 354 g/mol. The van der Waals surface area contributed by atoms with Gasteiger partial charge in [0.25, 0.3) is 0 Å². The standard InChI is InChI=1S/C18H26N8/c1-4-9-26-17(19-11-21-26)12(2)22-16-14-10-20-25(3)18(14)24-15(23-16)13-7-5-6-8-13/h10-13H,4-9H2,1-3H3,(H,22,23,24)/t12-/m0/s1. The fraction of sp³-hybridized carbons (Fsp3) is 0.611. The summed E-state index contributed by atoms with van der Waals surface area (Å²) in [4.78, 5) is 14.1. The van der Waals surface area contributed by atoms with Crippen molar-refractivity contribution in [3.8, 4) is 0 Å². The highest BCUT2D eigenvalue weighted by Gasteiger charge is 2.23. The van der Waals surface area contributed by atoms with Crippen molar-refractivity contribution in [1.82, 2.24) is 34.5 Å². The summed E-state index contributed by atoms with van der Waals surface area (Å²) in [5, 5.41) is 13.2. The second-order valence-electron chi connectivity index (χ2n) is 7.12. The fourth-order valence-corrected chi connectivity index (χ4v) is 3.78. The van der Waals surface area contributed by atoms with E-state index in [1.165, 1.54) is 25.7 Å². The van der Waals surface area contributed by atoms with Crippen LogP contribution in [0.2, 0.25) is 0 Å². The molecular formula is C18H26N8. The van der Waals surface area contributed by atoms with Crippen LogP contribution < -0.4 is 5.32 Å². The van der Waals surface area contributed by atoms with Crippen molar-refractivity contribution in [1.29, 1.82) is 0 Å². The summed E-state index contributed by atoms with van der Waals surface area (Å²) in [7, 11) is 1.93. The molecule has 0 aromatic carbocycles. The zero-order valence-electron chi connectivity index (χ0n) is 15.7. The van der Waals surface area contributed by atoms with Gasteiger partial charge < -0.3 is 5.32 Å². The molecule has 0 radical (unpaired) electrons. The number of hydrogen-bond donors (Lipinski definition) is 1. The minimum Gasteiger partial charge on any atom is -0.360 e. The minimum absolute atomic E-state index is 0.00113. The Kier molecular flexibility index (Phi) is 4.57. The smallest absolute Gasteiger partial charge is 0.163 e. The Labute approximate surface area is 153 Å². The number of fused-ring (bicyclic) bond motifs is 1. The van der Waals surface area contributed by atoms with E-state index in [0.29, 0.717) is 5.92 Å². The van der Waals surface area contributed by atoms with E-state index in [9.17, 15) is 0 Å². The number of aryl methyl sites for hydroxylation is 2. The van der Waals surface area contributed by atoms with Crippen molar-refractivity contribution in [2.45, 2.75) is 64.5 Å². The Morgan fingerprint density at radius 1 is 1.23 bits per heavy atom. The normalized spacial score (nSPS) is 16.4. The molecular weight excluding hydrogens is 328 g/mol. The Morgan fingerprint density at radius 3 is 2.81 bits per heavy atom. The van der Waals surface area contributed by atoms with Crippen molar-refractivity contribution in [3.05, 3.63) is 24.2 Å². The quantitative estimate of drug-likeness (QED) is 0.731. The summed E-state index contributed by atoms with van der Waals surface area (Å²) in [6, 6.07) is -0.00113. The van der Waals surface area contributed by atoms with Gasteiger partial charge in [-0.3, -0.25) is 4.68 Å². The predicted molar refractivity (Wildman–Crippen MR) is 99.9 cm³/mol. The molecule has 26 heavy (non-hydrogen) atoms. The van der Waals surface area contributed by atoms with E-state index < -0.39 is 0 Å². The zero-order chi connectivity index (χ0) is 18.1. The van der Waals surface area contributed by atoms with E-state index in [0.717, 1.165) is 41.5 Å². The summed E-state index contributed by atoms with van der Waals surface area (Å²) < 4.78 is 3.78. The van der Waals surface area contributed by atoms with Crippen LogP contribution >= 0.6 is 0 Å². The van der Waals surface area contributed by atoms with Gasteiger partial charge >= 0.3 is 0 Å². The summed E-state index contributed by atoms with van der Waals surface area (Å²) in [5.41, 5.74) is 0.881. The van der Waals surface area contributed by atoms with Crippen LogP contribution in [0.3, 0.4) is 0 Å². The van der Waals surface area contributed by atoms with Gasteiger partial charge in [-0.2, -0.15) is 10.2 Å². The van der Waals surface area contributed by atoms with E-state index in [2.05, 4.69) is 34.3 Å². The van der Waals surface area contributed by atoms with Gasteiger partial charge in [0, 0.05) is 19.5 Å². The second kappa shape index (κ2) is 7.01. The second-order valence-corrected chi connectivity index (χ2v) is 7.12. The third-order valence-electron chi connectivity index (χ3n) is 5.15. The molecule has 8 nitrogen and oxygen atoms in total. The molecule has 1 atom stereocenters. The first-order valence-electron chi connectivity index (χ1n) is 9.51. The largest absolute Gasteiger partial charge is 0.360 e. The summed E-state index contributed by atoms with van der Waals surface area (Å²) in [6.45, 7) is 5.09. The van der Waals surface area contributed by atoms with Crippen molar-refractivity contribution in [2.75, 3.05) is 5.32 Å². The number of anilines is 1. The number of nitrogens with zero attached hydrogens (tertiary/aromatic N) is 7. The molecule has 0 amide bonds. The van der Waals surface area contributed by atoms with Gasteiger partial charge in [-0.05, 0) is 26.2 Å². The van der Waals surface area contributed by atoms with Crippen molar-refractivity contribution >= 4 is 16.9 Å². The highest BCUT2D eigenvalue weighted by molar-refractivity contribution is 5.86. The van der Waals surface area contributed by atoms with Gasteiger partial charge in [-0.1, -0.05) is 19.8 Å². The van der Waals surface area contributed by atoms with Crippen molar-refractivity contribution in [3.63, 3.8) is 0 Å². The highest BCUT2D eigenvalue weighted by Crippen LogP contribution is 2.34. The lowest BCUT2D eigenvalue weighted by atomic mass is 10.1. The molecule has 1 aliphatic carbocycles. The van der Waals surface area contributed by atoms with Crippen LogP contribution in [0.15, 0.2) is 12.5 Å². The zero-order valence-corrected chi connectivity index (χ0v) is 15.7. The molecule has 1 fully saturated rings. The molecule has 1 aliphatic rings. The number of rotatable bonds is 6. The Balaban J connectivity index is 1.69. The summed E-state index contributed by atoms with van der Waals surface area (Å²) in [6.07, 6.45) is 9.33. The van der Waals surface area contributed by atoms with Crippen LogP contribution in [-0.2, 0) is 13.6 Å². The molecule has 0 saturated heterocycles. The van der Waals surface area contributed by atoms with Crippen LogP contribution in [0.4, 0.5) is 5.82 Å². The molecule has 3 aromatic heterocycles. The molecule has 1 N–H and O–H groups in total. The van der Waals surface area contributed by atoms with Crippen LogP contribution in [0.1, 0.15) is 69.6 Å². The maximum absolute atomic E-state index is 4.89. The first-order chi connectivity index (χ1) is 12.7. The molecule has 0 spiro atoms. The molecule has 3 aromatic rings. The fourth-order valence-electron chi connectivity index (χ4n) is 3.78. The summed E-state index contributed by atoms with van der Waals surface area (Å²) in [5.74, 6) is 3.14. The third kappa shape index (κ3) is 3.04. The maximum Gasteiger partial charge on any atom is 0.163 e. The average Bonchev–Trinajstić information content (AvgIpc) is 3.36. The van der Waals surface area contributed by atoms with Gasteiger partial charge in [-0.25, -0.2) is 19.6 Å². The Morgan fingerprint density at radius 2 is 2.04 bits per heavy atom. The van der Waals surface area contributed by atoms with E-state index in [1.807, 2.05) is 22.6 Å². The molecule has 1 saturated carbocycles. The lowest BCUT2D eigenvalue weighted by Gasteiger charge is -2.17. The van der Waals surface area contributed by atoms with Crippen LogP contribution in [0.25, 0.3) is 11.0 Å². The minimum atomic E-state index is -0.00113. The van der Waals surface area contributed by atoms with Crippen LogP contribution in [0.5, 0.6) is 0 Å². The molecule has 0 unspecified atom stereocenters. The van der Waals surface area contributed by atoms with Gasteiger partial charge in [0.05, 0.1) is 17.6 Å². The van der Waals surface area contributed by atoms with Gasteiger partial charge in [-0.15, -0.1) is 0 Å². The number of nitrogens with one attached hydrogen (secondary N) is 1. The van der Waals surface area contributed by atoms with Crippen LogP contribution in [-0.4, -0.2) is 34.5 Å². The Hall–Kier alpha value is -2.51. The highest BCUT2D eigenvalue weighted by atomic mass is 15.3. The van der Waals surface area contributed by atoms with Crippen LogP contribution in [0, 0.1) is 0 Å². The first kappa shape index (κ1) is 16.9. The first-order valence-corrected chi connectivity index (χ1v) is 9.51. The van der Waals surface area contributed by atoms with Gasteiger partial charge in [0.2, 0.25) is 0 Å². The van der Waals surface area contributed by atoms with Crippen molar-refractivity contribution < 1.29 is 0 Å². The van der Waals surface area contributed by atoms with E-state index in [-0.39, 0.29) is 6.04 Å². The predicted octanol–water partition coefficient (Wildman–Crippen LogP) is 3.20. The molecule has 138 valence electrons. The lowest BCUT2D eigenvalue weighted by molar-refractivity contribution is 0.553. The topological polar surface area (TPSA) is 86.3 Å².